The van der Waals surface area contributed by atoms with Crippen LogP contribution in [-0.2, 0) is 0 Å². The lowest BCUT2D eigenvalue weighted by atomic mass is 9.89. The van der Waals surface area contributed by atoms with Gasteiger partial charge in [0.2, 0.25) is 5.89 Å². The molecular weight excluding hydrogens is 574 g/mol. The van der Waals surface area contributed by atoms with E-state index in [9.17, 15) is 0 Å². The SMILES string of the molecule is c1ccc(-c2nc3c(-c4ccc5ccccc5c4-c4ccc(-c5nc(-c6ccccc6)c6ccccc6n5)cc4)cccc3o2)cc1. The highest BCUT2D eigenvalue weighted by molar-refractivity contribution is 6.07. The molecule has 9 aromatic rings. The molecule has 4 heteroatoms. The van der Waals surface area contributed by atoms with E-state index < -0.39 is 0 Å². The fourth-order valence-electron chi connectivity index (χ4n) is 6.48. The highest BCUT2D eigenvalue weighted by Gasteiger charge is 2.18. The van der Waals surface area contributed by atoms with Crippen molar-refractivity contribution in [3.63, 3.8) is 0 Å². The lowest BCUT2D eigenvalue weighted by Crippen LogP contribution is -1.95. The van der Waals surface area contributed by atoms with E-state index in [-0.39, 0.29) is 0 Å². The largest absolute Gasteiger partial charge is 0.436 e. The third-order valence-corrected chi connectivity index (χ3v) is 8.74. The molecule has 2 heterocycles. The molecule has 0 aliphatic carbocycles. The number of aromatic nitrogens is 3. The molecule has 0 fully saturated rings. The first-order valence-electron chi connectivity index (χ1n) is 15.7. The van der Waals surface area contributed by atoms with Crippen molar-refractivity contribution in [3.05, 3.63) is 164 Å². The Balaban J connectivity index is 1.20. The second kappa shape index (κ2) is 11.2. The van der Waals surface area contributed by atoms with Crippen molar-refractivity contribution in [2.24, 2.45) is 0 Å². The van der Waals surface area contributed by atoms with Gasteiger partial charge in [-0.1, -0.05) is 140 Å². The van der Waals surface area contributed by atoms with Gasteiger partial charge in [0.15, 0.2) is 11.4 Å². The average Bonchev–Trinajstić information content (AvgIpc) is 3.60. The molecule has 0 saturated heterocycles. The molecule has 0 N–H and O–H groups in total. The van der Waals surface area contributed by atoms with Gasteiger partial charge in [0, 0.05) is 27.6 Å². The second-order valence-electron chi connectivity index (χ2n) is 11.6. The Kier molecular flexibility index (Phi) is 6.43. The van der Waals surface area contributed by atoms with Crippen LogP contribution in [-0.4, -0.2) is 15.0 Å². The first-order valence-corrected chi connectivity index (χ1v) is 15.7. The van der Waals surface area contributed by atoms with Crippen LogP contribution in [0.3, 0.4) is 0 Å². The molecular formula is C43H27N3O. The lowest BCUT2D eigenvalue weighted by molar-refractivity contribution is 0.620. The van der Waals surface area contributed by atoms with Crippen LogP contribution >= 0.6 is 0 Å². The normalized spacial score (nSPS) is 11.4. The summed E-state index contributed by atoms with van der Waals surface area (Å²) in [5, 5.41) is 3.39. The summed E-state index contributed by atoms with van der Waals surface area (Å²) in [5.74, 6) is 1.32. The lowest BCUT2D eigenvalue weighted by Gasteiger charge is -2.15. The summed E-state index contributed by atoms with van der Waals surface area (Å²) in [4.78, 5) is 15.1. The number of para-hydroxylation sites is 2. The van der Waals surface area contributed by atoms with Crippen molar-refractivity contribution < 1.29 is 4.42 Å². The van der Waals surface area contributed by atoms with E-state index in [1.54, 1.807) is 0 Å². The molecule has 0 amide bonds. The molecule has 0 radical (unpaired) electrons. The number of nitrogens with zero attached hydrogens (tertiary/aromatic N) is 3. The first-order chi connectivity index (χ1) is 23.3. The first kappa shape index (κ1) is 27.0. The van der Waals surface area contributed by atoms with Crippen LogP contribution in [0.25, 0.3) is 89.1 Å². The van der Waals surface area contributed by atoms with E-state index in [0.717, 1.165) is 66.6 Å². The van der Waals surface area contributed by atoms with Gasteiger partial charge in [0.25, 0.3) is 0 Å². The monoisotopic (exact) mass is 601 g/mol. The summed E-state index contributed by atoms with van der Waals surface area (Å²) in [6.07, 6.45) is 0. The fraction of sp³-hybridized carbons (Fsp3) is 0. The van der Waals surface area contributed by atoms with Crippen LogP contribution in [0.1, 0.15) is 0 Å². The number of fused-ring (bicyclic) bond motifs is 3. The molecule has 0 aliphatic rings. The number of hydrogen-bond donors (Lipinski definition) is 0. The van der Waals surface area contributed by atoms with Crippen LogP contribution in [0.4, 0.5) is 0 Å². The molecule has 0 spiro atoms. The van der Waals surface area contributed by atoms with Gasteiger partial charge >= 0.3 is 0 Å². The predicted octanol–water partition coefficient (Wildman–Crippen LogP) is 11.3. The molecule has 0 atom stereocenters. The highest BCUT2D eigenvalue weighted by Crippen LogP contribution is 2.42. The van der Waals surface area contributed by atoms with Gasteiger partial charge in [-0.3, -0.25) is 0 Å². The molecule has 0 bridgehead atoms. The van der Waals surface area contributed by atoms with Crippen LogP contribution in [0.15, 0.2) is 168 Å². The summed E-state index contributed by atoms with van der Waals surface area (Å²) in [7, 11) is 0. The Labute approximate surface area is 271 Å². The van der Waals surface area contributed by atoms with Gasteiger partial charge < -0.3 is 4.42 Å². The molecule has 0 aliphatic heterocycles. The summed E-state index contributed by atoms with van der Waals surface area (Å²) in [6, 6.07) is 56.3. The summed E-state index contributed by atoms with van der Waals surface area (Å²) in [5.41, 5.74) is 10.8. The van der Waals surface area contributed by atoms with Crippen molar-refractivity contribution in [1.82, 2.24) is 15.0 Å². The van der Waals surface area contributed by atoms with Gasteiger partial charge in [0.1, 0.15) is 5.52 Å². The molecule has 7 aromatic carbocycles. The van der Waals surface area contributed by atoms with Crippen molar-refractivity contribution in [2.45, 2.75) is 0 Å². The molecule has 0 saturated carbocycles. The number of oxazole rings is 1. The van der Waals surface area contributed by atoms with Crippen LogP contribution < -0.4 is 0 Å². The molecule has 2 aromatic heterocycles. The zero-order valence-corrected chi connectivity index (χ0v) is 25.3. The molecule has 0 unspecified atom stereocenters. The number of rotatable bonds is 5. The minimum absolute atomic E-state index is 0.616. The van der Waals surface area contributed by atoms with Crippen LogP contribution in [0.5, 0.6) is 0 Å². The molecule has 47 heavy (non-hydrogen) atoms. The van der Waals surface area contributed by atoms with Crippen molar-refractivity contribution >= 4 is 32.8 Å². The van der Waals surface area contributed by atoms with Crippen LogP contribution in [0, 0.1) is 0 Å². The van der Waals surface area contributed by atoms with Crippen molar-refractivity contribution in [1.29, 1.82) is 0 Å². The standard InChI is InChI=1S/C43H27N3O/c1-3-13-30(14-4-1)40-36-18-9-10-20-37(36)44-42(45-40)31-24-22-29(23-25-31)39-33-17-8-7-12-28(33)26-27-34(39)35-19-11-21-38-41(35)46-43(47-38)32-15-5-2-6-16-32/h1-27H. The van der Waals surface area contributed by atoms with Gasteiger partial charge in [-0.2, -0.15) is 0 Å². The van der Waals surface area contributed by atoms with Crippen molar-refractivity contribution in [3.8, 4) is 56.4 Å². The van der Waals surface area contributed by atoms with E-state index in [1.165, 1.54) is 10.8 Å². The maximum atomic E-state index is 6.26. The third kappa shape index (κ3) is 4.75. The Morgan fingerprint density at radius 2 is 1.09 bits per heavy atom. The summed E-state index contributed by atoms with van der Waals surface area (Å²) < 4.78 is 6.26. The number of benzene rings is 7. The topological polar surface area (TPSA) is 51.8 Å². The maximum Gasteiger partial charge on any atom is 0.227 e. The Morgan fingerprint density at radius 3 is 1.89 bits per heavy atom. The Bertz CT molecular complexity index is 2550. The zero-order chi connectivity index (χ0) is 31.2. The van der Waals surface area contributed by atoms with Gasteiger partial charge in [-0.25, -0.2) is 15.0 Å². The second-order valence-corrected chi connectivity index (χ2v) is 11.6. The predicted molar refractivity (Wildman–Crippen MR) is 192 cm³/mol. The van der Waals surface area contributed by atoms with E-state index in [1.807, 2.05) is 72.8 Å². The highest BCUT2D eigenvalue weighted by atomic mass is 16.3. The fourth-order valence-corrected chi connectivity index (χ4v) is 6.48. The number of hydrogen-bond acceptors (Lipinski definition) is 4. The summed E-state index contributed by atoms with van der Waals surface area (Å²) in [6.45, 7) is 0. The smallest absolute Gasteiger partial charge is 0.227 e. The van der Waals surface area contributed by atoms with E-state index >= 15 is 0 Å². The quantitative estimate of drug-likeness (QED) is 0.197. The molecule has 220 valence electrons. The van der Waals surface area contributed by atoms with Gasteiger partial charge in [-0.05, 0) is 51.7 Å². The van der Waals surface area contributed by atoms with E-state index in [0.29, 0.717) is 11.7 Å². The average molecular weight is 602 g/mol. The van der Waals surface area contributed by atoms with Crippen LogP contribution in [0.2, 0.25) is 0 Å². The molecule has 4 nitrogen and oxygen atoms in total. The maximum absolute atomic E-state index is 6.26. The zero-order valence-electron chi connectivity index (χ0n) is 25.3. The Morgan fingerprint density at radius 1 is 0.404 bits per heavy atom. The van der Waals surface area contributed by atoms with Gasteiger partial charge in [-0.15, -0.1) is 0 Å². The van der Waals surface area contributed by atoms with Gasteiger partial charge in [0.05, 0.1) is 11.2 Å². The molecule has 9 rings (SSSR count). The minimum atomic E-state index is 0.616. The van der Waals surface area contributed by atoms with E-state index in [4.69, 9.17) is 19.4 Å². The third-order valence-electron chi connectivity index (χ3n) is 8.74. The Hall–Kier alpha value is -6.39. The van der Waals surface area contributed by atoms with E-state index in [2.05, 4.69) is 91.0 Å². The minimum Gasteiger partial charge on any atom is -0.436 e. The summed E-state index contributed by atoms with van der Waals surface area (Å²) >= 11 is 0. The van der Waals surface area contributed by atoms with Crippen molar-refractivity contribution in [2.75, 3.05) is 0 Å².